The lowest BCUT2D eigenvalue weighted by Crippen LogP contribution is -2.42. The number of hydrogen-bond donors (Lipinski definition) is 1. The highest BCUT2D eigenvalue weighted by Gasteiger charge is 2.69. The topological polar surface area (TPSA) is 83.1 Å². The number of carbonyl (C=O) groups excluding carboxylic acids is 2. The van der Waals surface area contributed by atoms with Crippen LogP contribution in [-0.4, -0.2) is 27.0 Å². The lowest BCUT2D eigenvalue weighted by Gasteiger charge is -2.42. The van der Waals surface area contributed by atoms with Gasteiger partial charge in [-0.15, -0.1) is 11.8 Å². The summed E-state index contributed by atoms with van der Waals surface area (Å²) in [6.45, 7) is 2.00. The van der Waals surface area contributed by atoms with Crippen LogP contribution in [-0.2, 0) is 9.59 Å². The number of carbonyl (C=O) groups is 2. The molecule has 2 aromatic heterocycles. The van der Waals surface area contributed by atoms with Crippen molar-refractivity contribution in [3.05, 3.63) is 74.5 Å². The van der Waals surface area contributed by atoms with Crippen LogP contribution < -0.4 is 9.77 Å². The molecule has 1 N–H and O–H groups in total. The molecular weight excluding hydrogens is 454 g/mol. The molecule has 166 valence electrons. The minimum atomic E-state index is -0.276. The van der Waals surface area contributed by atoms with Crippen molar-refractivity contribution in [1.82, 2.24) is 9.97 Å². The van der Waals surface area contributed by atoms with Gasteiger partial charge in [0.25, 0.3) is 0 Å². The maximum absolute atomic E-state index is 13.7. The summed E-state index contributed by atoms with van der Waals surface area (Å²) in [6, 6.07) is 11.6. The zero-order chi connectivity index (χ0) is 22.4. The van der Waals surface area contributed by atoms with E-state index in [1.807, 2.05) is 43.5 Å². The van der Waals surface area contributed by atoms with Crippen LogP contribution in [0.1, 0.15) is 28.3 Å². The summed E-state index contributed by atoms with van der Waals surface area (Å²) in [5.41, 5.74) is 2.85. The van der Waals surface area contributed by atoms with E-state index in [1.165, 1.54) is 16.2 Å². The van der Waals surface area contributed by atoms with Crippen LogP contribution in [0.2, 0.25) is 0 Å². The molecule has 2 saturated carbocycles. The Bertz CT molecular complexity index is 1350. The Morgan fingerprint density at radius 2 is 1.79 bits per heavy atom. The van der Waals surface area contributed by atoms with Crippen LogP contribution in [0.5, 0.6) is 0 Å². The first-order valence-electron chi connectivity index (χ1n) is 11.3. The molecule has 33 heavy (non-hydrogen) atoms. The molecule has 2 bridgehead atoms. The van der Waals surface area contributed by atoms with E-state index in [0.29, 0.717) is 5.69 Å². The molecule has 2 amide bonds. The fourth-order valence-electron chi connectivity index (χ4n) is 6.90. The number of imide groups is 1. The second-order valence-corrected chi connectivity index (χ2v) is 11.8. The van der Waals surface area contributed by atoms with Crippen molar-refractivity contribution in [2.75, 3.05) is 4.90 Å². The monoisotopic (exact) mass is 475 g/mol. The van der Waals surface area contributed by atoms with Gasteiger partial charge in [-0.05, 0) is 54.9 Å². The van der Waals surface area contributed by atoms with Crippen molar-refractivity contribution in [2.24, 2.45) is 29.6 Å². The summed E-state index contributed by atoms with van der Waals surface area (Å²) in [5, 5.41) is 1.13. The first-order valence-corrected chi connectivity index (χ1v) is 13.0. The average Bonchev–Trinajstić information content (AvgIpc) is 3.54. The van der Waals surface area contributed by atoms with E-state index in [1.54, 1.807) is 18.0 Å². The summed E-state index contributed by atoms with van der Waals surface area (Å²) in [5.74, 6) is -0.153. The van der Waals surface area contributed by atoms with Gasteiger partial charge in [-0.2, -0.15) is 0 Å². The second-order valence-electron chi connectivity index (χ2n) is 9.59. The van der Waals surface area contributed by atoms with Gasteiger partial charge < -0.3 is 4.98 Å². The molecule has 7 atom stereocenters. The third kappa shape index (κ3) is 2.62. The van der Waals surface area contributed by atoms with Gasteiger partial charge in [0.1, 0.15) is 0 Å². The van der Waals surface area contributed by atoms with E-state index >= 15 is 0 Å². The van der Waals surface area contributed by atoms with E-state index in [0.717, 1.165) is 27.5 Å². The minimum absolute atomic E-state index is 0.0242. The van der Waals surface area contributed by atoms with Crippen molar-refractivity contribution in [2.45, 2.75) is 29.5 Å². The van der Waals surface area contributed by atoms with Gasteiger partial charge in [0.05, 0.1) is 22.5 Å². The molecule has 3 fully saturated rings. The van der Waals surface area contributed by atoms with Crippen molar-refractivity contribution in [3.8, 4) is 0 Å². The summed E-state index contributed by atoms with van der Waals surface area (Å²) >= 11 is 2.99. The molecule has 7 rings (SSSR count). The van der Waals surface area contributed by atoms with Crippen LogP contribution >= 0.6 is 23.1 Å². The number of anilines is 1. The number of aromatic amines is 1. The summed E-state index contributed by atoms with van der Waals surface area (Å²) in [4.78, 5) is 49.3. The summed E-state index contributed by atoms with van der Waals surface area (Å²) in [7, 11) is 0. The van der Waals surface area contributed by atoms with Gasteiger partial charge in [-0.3, -0.25) is 24.3 Å². The number of aromatic nitrogens is 2. The molecule has 0 unspecified atom stereocenters. The maximum atomic E-state index is 13.7. The summed E-state index contributed by atoms with van der Waals surface area (Å²) in [6.07, 6.45) is 4.54. The Hall–Kier alpha value is -2.71. The highest BCUT2D eigenvalue weighted by Crippen LogP contribution is 2.68. The van der Waals surface area contributed by atoms with Crippen molar-refractivity contribution >= 4 is 40.6 Å². The zero-order valence-electron chi connectivity index (χ0n) is 17.8. The van der Waals surface area contributed by atoms with Crippen LogP contribution in [0, 0.1) is 36.5 Å². The Morgan fingerprint density at radius 1 is 1.03 bits per heavy atom. The largest absolute Gasteiger partial charge is 0.307 e. The number of H-pyrrole nitrogens is 1. The van der Waals surface area contributed by atoms with E-state index < -0.39 is 0 Å². The molecule has 2 aliphatic heterocycles. The van der Waals surface area contributed by atoms with Crippen LogP contribution in [0.4, 0.5) is 5.69 Å². The number of hydrogen-bond acceptors (Lipinski definition) is 6. The molecule has 4 heterocycles. The average molecular weight is 476 g/mol. The van der Waals surface area contributed by atoms with Gasteiger partial charge in [-0.1, -0.05) is 35.1 Å². The molecule has 1 aromatic carbocycles. The molecule has 0 radical (unpaired) electrons. The molecule has 2 aliphatic carbocycles. The van der Waals surface area contributed by atoms with Crippen molar-refractivity contribution in [1.29, 1.82) is 0 Å². The van der Waals surface area contributed by atoms with Crippen LogP contribution in [0.25, 0.3) is 0 Å². The van der Waals surface area contributed by atoms with Gasteiger partial charge in [0.15, 0.2) is 0 Å². The highest BCUT2D eigenvalue weighted by molar-refractivity contribution is 8.00. The SMILES string of the molecule is Cc1ccc(N2C(=O)[C@@H]3[C@@H]4C[C@@H]([C@H]5Sc6[nH]c(=O)sc6[C@@H](c6cccnc6)[C@H]45)[C@@H]3C2=O)cc1. The Balaban J connectivity index is 1.33. The van der Waals surface area contributed by atoms with Crippen molar-refractivity contribution < 1.29 is 9.59 Å². The quantitative estimate of drug-likeness (QED) is 0.570. The number of aryl methyl sites for hydroxylation is 1. The number of fused-ring (bicyclic) bond motifs is 9. The molecule has 1 saturated heterocycles. The third-order valence-corrected chi connectivity index (χ3v) is 10.6. The van der Waals surface area contributed by atoms with E-state index in [2.05, 4.69) is 16.0 Å². The number of thiazole rings is 1. The lowest BCUT2D eigenvalue weighted by atomic mass is 9.68. The number of rotatable bonds is 2. The second kappa shape index (κ2) is 6.90. The van der Waals surface area contributed by atoms with Gasteiger partial charge in [0, 0.05) is 28.4 Å². The van der Waals surface area contributed by atoms with E-state index in [-0.39, 0.29) is 57.4 Å². The highest BCUT2D eigenvalue weighted by atomic mass is 32.2. The van der Waals surface area contributed by atoms with Crippen LogP contribution in [0.15, 0.2) is 58.6 Å². The number of amides is 2. The molecule has 0 spiro atoms. The fourth-order valence-corrected chi connectivity index (χ4v) is 9.79. The van der Waals surface area contributed by atoms with E-state index in [4.69, 9.17) is 0 Å². The molecule has 8 heteroatoms. The number of nitrogens with zero attached hydrogens (tertiary/aromatic N) is 2. The molecule has 6 nitrogen and oxygen atoms in total. The normalized spacial score (nSPS) is 33.8. The lowest BCUT2D eigenvalue weighted by molar-refractivity contribution is -0.123. The maximum Gasteiger partial charge on any atom is 0.305 e. The zero-order valence-corrected chi connectivity index (χ0v) is 19.4. The third-order valence-electron chi connectivity index (χ3n) is 8.06. The standard InChI is InChI=1S/C25H21N3O3S2/c1-11-4-6-13(7-5-11)28-23(29)18-14-9-15(19(18)24(28)30)20-17(14)16(12-3-2-8-26-10-12)21-22(32-20)27-25(31)33-21/h2-8,10,14-20H,9H2,1H3,(H,27,31)/t14-,15-,16+,17+,18-,19+,20-/m1/s1. The van der Waals surface area contributed by atoms with Crippen LogP contribution in [0.3, 0.4) is 0 Å². The number of benzene rings is 1. The van der Waals surface area contributed by atoms with Crippen molar-refractivity contribution in [3.63, 3.8) is 0 Å². The first kappa shape index (κ1) is 19.7. The number of pyridine rings is 1. The Morgan fingerprint density at radius 3 is 2.52 bits per heavy atom. The summed E-state index contributed by atoms with van der Waals surface area (Å²) < 4.78 is 0. The van der Waals surface area contributed by atoms with E-state index in [9.17, 15) is 14.4 Å². The molecular formula is C25H21N3O3S2. The smallest absolute Gasteiger partial charge is 0.305 e. The minimum Gasteiger partial charge on any atom is -0.307 e. The predicted octanol–water partition coefficient (Wildman–Crippen LogP) is 3.82. The predicted molar refractivity (Wildman–Crippen MR) is 126 cm³/mol. The molecule has 3 aromatic rings. The van der Waals surface area contributed by atoms with Gasteiger partial charge >= 0.3 is 4.87 Å². The van der Waals surface area contributed by atoms with Gasteiger partial charge in [-0.25, -0.2) is 0 Å². The fraction of sp³-hybridized carbons (Fsp3) is 0.360. The van der Waals surface area contributed by atoms with Gasteiger partial charge in [0.2, 0.25) is 11.8 Å². The number of nitrogens with one attached hydrogen (secondary N) is 1. The number of thioether (sulfide) groups is 1. The Kier molecular flexibility index (Phi) is 4.13. The first-order chi connectivity index (χ1) is 16.0. The Labute approximate surface area is 198 Å². The molecule has 4 aliphatic rings.